The van der Waals surface area contributed by atoms with E-state index in [0.29, 0.717) is 31.3 Å². The Labute approximate surface area is 212 Å². The molecule has 1 saturated heterocycles. The number of halogens is 4. The molecule has 0 unspecified atom stereocenters. The van der Waals surface area contributed by atoms with E-state index in [0.717, 1.165) is 5.56 Å². The number of sulfonamides is 1. The minimum Gasteiger partial charge on any atom is -0.353 e. The van der Waals surface area contributed by atoms with Crippen LogP contribution in [0.1, 0.15) is 29.5 Å². The molecule has 1 fully saturated rings. The molecule has 37 heavy (non-hydrogen) atoms. The third-order valence-electron chi connectivity index (χ3n) is 6.03. The smallest absolute Gasteiger partial charge is 0.353 e. The molecule has 8 nitrogen and oxygen atoms in total. The van der Waals surface area contributed by atoms with Gasteiger partial charge in [0.2, 0.25) is 21.8 Å². The molecule has 2 amide bonds. The zero-order valence-corrected chi connectivity index (χ0v) is 20.9. The molecule has 1 aliphatic rings. The van der Waals surface area contributed by atoms with Gasteiger partial charge in [-0.2, -0.15) is 13.2 Å². The maximum Gasteiger partial charge on any atom is 0.416 e. The largest absolute Gasteiger partial charge is 0.416 e. The lowest BCUT2D eigenvalue weighted by Crippen LogP contribution is -2.63. The molecule has 0 saturated carbocycles. The lowest BCUT2D eigenvalue weighted by molar-refractivity contribution is -0.139. The topological polar surface area (TPSA) is 116 Å². The molecule has 0 bridgehead atoms. The molecule has 1 heterocycles. The number of hydrogen-bond acceptors (Lipinski definition) is 5. The van der Waals surface area contributed by atoms with Crippen molar-refractivity contribution < 1.29 is 35.6 Å². The van der Waals surface area contributed by atoms with Crippen molar-refractivity contribution in [2.45, 2.75) is 42.8 Å². The van der Waals surface area contributed by atoms with Gasteiger partial charge in [0, 0.05) is 13.1 Å². The van der Waals surface area contributed by atoms with Gasteiger partial charge in [0.1, 0.15) is 11.4 Å². The zero-order chi connectivity index (χ0) is 27.3. The second-order valence-electron chi connectivity index (χ2n) is 8.82. The van der Waals surface area contributed by atoms with Crippen molar-refractivity contribution in [1.29, 1.82) is 0 Å². The number of carbonyl (C=O) groups is 2. The summed E-state index contributed by atoms with van der Waals surface area (Å²) in [5.74, 6) is -2.38. The Kier molecular flexibility index (Phi) is 8.92. The fourth-order valence-corrected chi connectivity index (χ4v) is 5.09. The van der Waals surface area contributed by atoms with Gasteiger partial charge in [-0.1, -0.05) is 17.7 Å². The van der Waals surface area contributed by atoms with Crippen LogP contribution in [0.2, 0.25) is 0 Å². The van der Waals surface area contributed by atoms with E-state index in [4.69, 9.17) is 0 Å². The number of carbonyl (C=O) groups excluding carboxylic acids is 2. The summed E-state index contributed by atoms with van der Waals surface area (Å²) in [5, 5.41) is 8.18. The molecule has 0 aromatic heterocycles. The lowest BCUT2D eigenvalue weighted by atomic mass is 9.86. The lowest BCUT2D eigenvalue weighted by Gasteiger charge is -2.37. The number of amides is 2. The van der Waals surface area contributed by atoms with Crippen molar-refractivity contribution in [3.8, 4) is 0 Å². The first-order valence-electron chi connectivity index (χ1n) is 11.5. The van der Waals surface area contributed by atoms with E-state index in [1.807, 2.05) is 6.92 Å². The normalized spacial score (nSPS) is 15.7. The van der Waals surface area contributed by atoms with Crippen molar-refractivity contribution >= 4 is 21.8 Å². The van der Waals surface area contributed by atoms with E-state index in [1.54, 1.807) is 12.1 Å². The van der Waals surface area contributed by atoms with Gasteiger partial charge < -0.3 is 16.0 Å². The van der Waals surface area contributed by atoms with Crippen molar-refractivity contribution in [2.75, 3.05) is 26.2 Å². The van der Waals surface area contributed by atoms with Crippen molar-refractivity contribution in [3.63, 3.8) is 0 Å². The highest BCUT2D eigenvalue weighted by Crippen LogP contribution is 2.32. The number of benzene rings is 2. The standard InChI is InChI=1S/C24H28F4N4O4S/c1-16-2-5-19(6-3-16)37(35,36)31-13-12-30-22(34)23(8-10-29-11-9-23)32-21(33)15-17-14-18(25)4-7-20(17)24(26,27)28/h2-7,14,29,31H,8-13,15H2,1H3,(H,30,34)(H,32,33). The molecule has 0 radical (unpaired) electrons. The van der Waals surface area contributed by atoms with Crippen LogP contribution in [0.4, 0.5) is 17.6 Å². The highest BCUT2D eigenvalue weighted by atomic mass is 32.2. The van der Waals surface area contributed by atoms with Gasteiger partial charge in [-0.15, -0.1) is 0 Å². The summed E-state index contributed by atoms with van der Waals surface area (Å²) in [4.78, 5) is 25.9. The molecule has 4 N–H and O–H groups in total. The Balaban J connectivity index is 1.64. The number of alkyl halides is 3. The Morgan fingerprint density at radius 3 is 2.30 bits per heavy atom. The van der Waals surface area contributed by atoms with Gasteiger partial charge in [0.15, 0.2) is 0 Å². The number of rotatable bonds is 9. The molecule has 202 valence electrons. The quantitative estimate of drug-likeness (QED) is 0.285. The van der Waals surface area contributed by atoms with E-state index >= 15 is 0 Å². The van der Waals surface area contributed by atoms with Crippen LogP contribution >= 0.6 is 0 Å². The van der Waals surface area contributed by atoms with Crippen molar-refractivity contribution in [1.82, 2.24) is 20.7 Å². The zero-order valence-electron chi connectivity index (χ0n) is 20.0. The fourth-order valence-electron chi connectivity index (χ4n) is 4.06. The third-order valence-corrected chi connectivity index (χ3v) is 7.51. The van der Waals surface area contributed by atoms with Gasteiger partial charge in [-0.3, -0.25) is 9.59 Å². The minimum absolute atomic E-state index is 0.0714. The summed E-state index contributed by atoms with van der Waals surface area (Å²) >= 11 is 0. The van der Waals surface area contributed by atoms with Gasteiger partial charge in [0.05, 0.1) is 16.9 Å². The number of aryl methyl sites for hydroxylation is 1. The van der Waals surface area contributed by atoms with E-state index in [2.05, 4.69) is 20.7 Å². The highest BCUT2D eigenvalue weighted by Gasteiger charge is 2.41. The summed E-state index contributed by atoms with van der Waals surface area (Å²) in [6.45, 7) is 2.34. The highest BCUT2D eigenvalue weighted by molar-refractivity contribution is 7.89. The van der Waals surface area contributed by atoms with Gasteiger partial charge >= 0.3 is 6.18 Å². The van der Waals surface area contributed by atoms with E-state index in [-0.39, 0.29) is 30.8 Å². The molecule has 3 rings (SSSR count). The predicted molar refractivity (Wildman–Crippen MR) is 127 cm³/mol. The molecular weight excluding hydrogens is 516 g/mol. The van der Waals surface area contributed by atoms with Gasteiger partial charge in [-0.25, -0.2) is 17.5 Å². The summed E-state index contributed by atoms with van der Waals surface area (Å²) in [7, 11) is -3.79. The molecular formula is C24H28F4N4O4S. The Hall–Kier alpha value is -3.03. The molecule has 13 heteroatoms. The first-order valence-corrected chi connectivity index (χ1v) is 13.0. The molecule has 0 spiro atoms. The Morgan fingerprint density at radius 1 is 1.03 bits per heavy atom. The van der Waals surface area contributed by atoms with Crippen LogP contribution in [-0.4, -0.2) is 52.0 Å². The number of hydrogen-bond donors (Lipinski definition) is 4. The molecule has 2 aromatic rings. The molecule has 1 aliphatic heterocycles. The summed E-state index contributed by atoms with van der Waals surface area (Å²) in [5.41, 5.74) is -2.19. The van der Waals surface area contributed by atoms with Crippen LogP contribution in [-0.2, 0) is 32.2 Å². The first-order chi connectivity index (χ1) is 17.3. The summed E-state index contributed by atoms with van der Waals surface area (Å²) in [6.07, 6.45) is -5.23. The fraction of sp³-hybridized carbons (Fsp3) is 0.417. The van der Waals surface area contributed by atoms with Crippen LogP contribution in [0.15, 0.2) is 47.4 Å². The van der Waals surface area contributed by atoms with Crippen molar-refractivity contribution in [3.05, 3.63) is 65.0 Å². The summed E-state index contributed by atoms with van der Waals surface area (Å²) < 4.78 is 80.7. The molecule has 0 atom stereocenters. The van der Waals surface area contributed by atoms with Gasteiger partial charge in [0.25, 0.3) is 0 Å². The van der Waals surface area contributed by atoms with Crippen LogP contribution < -0.4 is 20.7 Å². The first kappa shape index (κ1) is 28.5. The van der Waals surface area contributed by atoms with Gasteiger partial charge in [-0.05, 0) is 68.8 Å². The second kappa shape index (κ2) is 11.6. The summed E-state index contributed by atoms with van der Waals surface area (Å²) in [6, 6.07) is 8.11. The number of nitrogens with one attached hydrogen (secondary N) is 4. The molecule has 2 aromatic carbocycles. The predicted octanol–water partition coefficient (Wildman–Crippen LogP) is 2.03. The Morgan fingerprint density at radius 2 is 1.68 bits per heavy atom. The minimum atomic E-state index is -4.78. The molecule has 0 aliphatic carbocycles. The average molecular weight is 545 g/mol. The maximum absolute atomic E-state index is 13.6. The monoisotopic (exact) mass is 544 g/mol. The van der Waals surface area contributed by atoms with Crippen LogP contribution in [0.5, 0.6) is 0 Å². The van der Waals surface area contributed by atoms with Crippen LogP contribution in [0.25, 0.3) is 0 Å². The third kappa shape index (κ3) is 7.49. The SMILES string of the molecule is Cc1ccc(S(=O)(=O)NCCNC(=O)C2(NC(=O)Cc3cc(F)ccc3C(F)(F)F)CCNCC2)cc1. The van der Waals surface area contributed by atoms with Crippen LogP contribution in [0, 0.1) is 12.7 Å². The van der Waals surface area contributed by atoms with Crippen molar-refractivity contribution in [2.24, 2.45) is 0 Å². The average Bonchev–Trinajstić information content (AvgIpc) is 2.81. The van der Waals surface area contributed by atoms with E-state index < -0.39 is 56.9 Å². The van der Waals surface area contributed by atoms with E-state index in [9.17, 15) is 35.6 Å². The van der Waals surface area contributed by atoms with Crippen LogP contribution in [0.3, 0.4) is 0 Å². The second-order valence-corrected chi connectivity index (χ2v) is 10.6. The maximum atomic E-state index is 13.6. The number of piperidine rings is 1. The van der Waals surface area contributed by atoms with E-state index in [1.165, 1.54) is 12.1 Å². The Bertz CT molecular complexity index is 1230.